The summed E-state index contributed by atoms with van der Waals surface area (Å²) in [4.78, 5) is 24.2. The summed E-state index contributed by atoms with van der Waals surface area (Å²) in [6.45, 7) is 5.16. The van der Waals surface area contributed by atoms with Gasteiger partial charge in [0.1, 0.15) is 0 Å². The van der Waals surface area contributed by atoms with Crippen molar-refractivity contribution in [2.24, 2.45) is 4.99 Å². The van der Waals surface area contributed by atoms with Crippen LogP contribution in [0.25, 0.3) is 0 Å². The summed E-state index contributed by atoms with van der Waals surface area (Å²) in [6.07, 6.45) is 0. The molecule has 0 aliphatic carbocycles. The van der Waals surface area contributed by atoms with Crippen LogP contribution in [-0.4, -0.2) is 55.0 Å². The molecule has 6 nitrogen and oxygen atoms in total. The van der Waals surface area contributed by atoms with Gasteiger partial charge in [0.15, 0.2) is 16.9 Å². The number of ether oxygens (including phenoxy) is 1. The molecule has 1 fully saturated rings. The summed E-state index contributed by atoms with van der Waals surface area (Å²) in [5.74, 6) is 0.914. The van der Waals surface area contributed by atoms with Crippen LogP contribution < -0.4 is 5.32 Å². The van der Waals surface area contributed by atoms with Crippen molar-refractivity contribution < 1.29 is 9.53 Å². The molecular formula is C24H26N4O2S. The first-order chi connectivity index (χ1) is 15.2. The van der Waals surface area contributed by atoms with Gasteiger partial charge in [-0.05, 0) is 11.6 Å². The highest BCUT2D eigenvalue weighted by Crippen LogP contribution is 2.28. The third kappa shape index (κ3) is 5.00. The van der Waals surface area contributed by atoms with Gasteiger partial charge in [-0.3, -0.25) is 9.79 Å². The molecule has 0 spiro atoms. The number of nitrogens with zero attached hydrogens (tertiary/aromatic N) is 3. The molecule has 2 heterocycles. The smallest absolute Gasteiger partial charge is 0.200 e. The number of carbonyl (C=O) groups is 1. The number of thiazole rings is 1. The third-order valence-corrected chi connectivity index (χ3v) is 6.17. The predicted molar refractivity (Wildman–Crippen MR) is 125 cm³/mol. The Labute approximate surface area is 186 Å². The first kappa shape index (κ1) is 21.2. The molecule has 7 heteroatoms. The number of guanidine groups is 1. The zero-order valence-corrected chi connectivity index (χ0v) is 18.6. The maximum absolute atomic E-state index is 12.8. The Morgan fingerprint density at radius 3 is 2.61 bits per heavy atom. The van der Waals surface area contributed by atoms with Crippen molar-refractivity contribution in [2.75, 3.05) is 38.7 Å². The first-order valence-corrected chi connectivity index (χ1v) is 11.3. The molecule has 160 valence electrons. The lowest BCUT2D eigenvalue weighted by Crippen LogP contribution is -2.44. The topological polar surface area (TPSA) is 66.8 Å². The summed E-state index contributed by atoms with van der Waals surface area (Å²) < 4.78 is 5.42. The Kier molecular flexibility index (Phi) is 6.74. The van der Waals surface area contributed by atoms with E-state index in [2.05, 4.69) is 27.5 Å². The quantitative estimate of drug-likeness (QED) is 0.369. The van der Waals surface area contributed by atoms with Crippen LogP contribution >= 0.6 is 11.3 Å². The Balaban J connectivity index is 1.48. The van der Waals surface area contributed by atoms with E-state index >= 15 is 0 Å². The number of carbonyl (C=O) groups excluding carboxylic acids is 1. The van der Waals surface area contributed by atoms with E-state index in [1.165, 1.54) is 0 Å². The van der Waals surface area contributed by atoms with Crippen LogP contribution in [0.5, 0.6) is 0 Å². The number of benzene rings is 2. The fraction of sp³-hybridized carbons (Fsp3) is 0.292. The van der Waals surface area contributed by atoms with E-state index in [1.54, 1.807) is 18.4 Å². The van der Waals surface area contributed by atoms with Crippen molar-refractivity contribution in [2.45, 2.75) is 12.8 Å². The lowest BCUT2D eigenvalue weighted by Gasteiger charge is -2.29. The average Bonchev–Trinajstić information content (AvgIpc) is 3.31. The molecule has 0 amide bonds. The van der Waals surface area contributed by atoms with Gasteiger partial charge in [0.05, 0.1) is 18.9 Å². The predicted octanol–water partition coefficient (Wildman–Crippen LogP) is 4.26. The van der Waals surface area contributed by atoms with E-state index in [-0.39, 0.29) is 11.7 Å². The normalized spacial score (nSPS) is 15.5. The molecule has 4 rings (SSSR count). The monoisotopic (exact) mass is 434 g/mol. The largest absolute Gasteiger partial charge is 0.378 e. The van der Waals surface area contributed by atoms with Crippen LogP contribution in [0.15, 0.2) is 65.0 Å². The van der Waals surface area contributed by atoms with Gasteiger partial charge in [0.2, 0.25) is 0 Å². The molecule has 2 aromatic carbocycles. The van der Waals surface area contributed by atoms with Gasteiger partial charge in [-0.2, -0.15) is 0 Å². The molecule has 1 aliphatic rings. The van der Waals surface area contributed by atoms with Crippen LogP contribution in [0.3, 0.4) is 0 Å². The van der Waals surface area contributed by atoms with E-state index in [0.717, 1.165) is 35.4 Å². The number of anilines is 1. The summed E-state index contributed by atoms with van der Waals surface area (Å²) >= 11 is 1.56. The van der Waals surface area contributed by atoms with Crippen molar-refractivity contribution >= 4 is 28.2 Å². The van der Waals surface area contributed by atoms with Gasteiger partial charge in [-0.15, -0.1) is 11.3 Å². The van der Waals surface area contributed by atoms with Crippen LogP contribution in [0.1, 0.15) is 40.0 Å². The Hall–Kier alpha value is -3.03. The second-order valence-corrected chi connectivity index (χ2v) is 8.25. The van der Waals surface area contributed by atoms with Crippen molar-refractivity contribution in [3.63, 3.8) is 0 Å². The molecule has 3 aromatic rings. The number of hydrogen-bond acceptors (Lipinski definition) is 5. The van der Waals surface area contributed by atoms with Gasteiger partial charge < -0.3 is 15.0 Å². The molecule has 31 heavy (non-hydrogen) atoms. The lowest BCUT2D eigenvalue weighted by atomic mass is 9.94. The highest BCUT2D eigenvalue weighted by molar-refractivity contribution is 7.13. The molecule has 0 bridgehead atoms. The standard InChI is InChI=1S/C24H26N4O2S/c1-17(19-9-6-10-20(15-19)22(29)18-7-4-3-5-8-18)21-16-31-24(26-21)27-23(25-2)28-11-13-30-14-12-28/h3-10,15-17H,11-14H2,1-2H3,(H,25,26,27). The summed E-state index contributed by atoms with van der Waals surface area (Å²) in [6, 6.07) is 17.2. The molecule has 1 saturated heterocycles. The Morgan fingerprint density at radius 1 is 1.13 bits per heavy atom. The number of aromatic nitrogens is 1. The SMILES string of the molecule is CN=C(Nc1nc(C(C)c2cccc(C(=O)c3ccccc3)c2)cs1)N1CCOCC1. The number of aliphatic imine (C=N–C) groups is 1. The van der Waals surface area contributed by atoms with Crippen LogP contribution in [0.2, 0.25) is 0 Å². The molecule has 1 unspecified atom stereocenters. The molecule has 1 N–H and O–H groups in total. The molecule has 1 atom stereocenters. The van der Waals surface area contributed by atoms with Crippen molar-refractivity contribution in [3.05, 3.63) is 82.4 Å². The zero-order valence-electron chi connectivity index (χ0n) is 17.7. The van der Waals surface area contributed by atoms with Gasteiger partial charge in [-0.25, -0.2) is 4.98 Å². The van der Waals surface area contributed by atoms with E-state index < -0.39 is 0 Å². The number of morpholine rings is 1. The highest BCUT2D eigenvalue weighted by atomic mass is 32.1. The van der Waals surface area contributed by atoms with E-state index in [0.29, 0.717) is 24.3 Å². The van der Waals surface area contributed by atoms with Gasteiger partial charge >= 0.3 is 0 Å². The maximum Gasteiger partial charge on any atom is 0.200 e. The number of hydrogen-bond donors (Lipinski definition) is 1. The summed E-state index contributed by atoms with van der Waals surface area (Å²) in [7, 11) is 1.78. The summed E-state index contributed by atoms with van der Waals surface area (Å²) in [5.41, 5.74) is 3.42. The van der Waals surface area contributed by atoms with Gasteiger partial charge in [-0.1, -0.05) is 55.5 Å². The van der Waals surface area contributed by atoms with Gasteiger partial charge in [0.25, 0.3) is 0 Å². The first-order valence-electron chi connectivity index (χ1n) is 10.4. The molecular weight excluding hydrogens is 408 g/mol. The van der Waals surface area contributed by atoms with Crippen LogP contribution in [0.4, 0.5) is 5.13 Å². The molecule has 0 radical (unpaired) electrons. The molecule has 1 aliphatic heterocycles. The Morgan fingerprint density at radius 2 is 1.87 bits per heavy atom. The van der Waals surface area contributed by atoms with Gasteiger partial charge in [0, 0.05) is 42.6 Å². The van der Waals surface area contributed by atoms with E-state index in [4.69, 9.17) is 9.72 Å². The minimum absolute atomic E-state index is 0.0320. The number of nitrogens with one attached hydrogen (secondary N) is 1. The third-order valence-electron chi connectivity index (χ3n) is 5.39. The minimum Gasteiger partial charge on any atom is -0.378 e. The Bertz CT molecular complexity index is 1060. The maximum atomic E-state index is 12.8. The van der Waals surface area contributed by atoms with Crippen molar-refractivity contribution in [1.82, 2.24) is 9.88 Å². The second-order valence-electron chi connectivity index (χ2n) is 7.39. The van der Waals surface area contributed by atoms with E-state index in [9.17, 15) is 4.79 Å². The number of rotatable bonds is 5. The van der Waals surface area contributed by atoms with Crippen LogP contribution in [-0.2, 0) is 4.74 Å². The fourth-order valence-electron chi connectivity index (χ4n) is 3.57. The molecule has 1 aromatic heterocycles. The zero-order chi connectivity index (χ0) is 21.6. The number of ketones is 1. The fourth-order valence-corrected chi connectivity index (χ4v) is 4.36. The second kappa shape index (κ2) is 9.85. The van der Waals surface area contributed by atoms with E-state index in [1.807, 2.05) is 54.6 Å². The highest BCUT2D eigenvalue weighted by Gasteiger charge is 2.18. The molecule has 0 saturated carbocycles. The lowest BCUT2D eigenvalue weighted by molar-refractivity contribution is 0.0680. The van der Waals surface area contributed by atoms with Crippen molar-refractivity contribution in [1.29, 1.82) is 0 Å². The summed E-state index contributed by atoms with van der Waals surface area (Å²) in [5, 5.41) is 6.22. The minimum atomic E-state index is 0.0320. The van der Waals surface area contributed by atoms with Crippen molar-refractivity contribution in [3.8, 4) is 0 Å². The van der Waals surface area contributed by atoms with Crippen LogP contribution in [0, 0.1) is 0 Å². The average molecular weight is 435 g/mol.